The first kappa shape index (κ1) is 10.9. The third kappa shape index (κ3) is 1.55. The third-order valence-corrected chi connectivity index (χ3v) is 2.90. The molecule has 0 aliphatic carbocycles. The Kier molecular flexibility index (Phi) is 2.82. The van der Waals surface area contributed by atoms with Gasteiger partial charge in [-0.05, 0) is 6.92 Å². The number of nitrogens with two attached hydrogens (primary N) is 1. The van der Waals surface area contributed by atoms with Gasteiger partial charge in [-0.25, -0.2) is 4.79 Å². The van der Waals surface area contributed by atoms with Gasteiger partial charge >= 0.3 is 6.09 Å². The van der Waals surface area contributed by atoms with Gasteiger partial charge in [0.05, 0.1) is 18.8 Å². The quantitative estimate of drug-likeness (QED) is 0.757. The molecule has 1 aliphatic rings. The van der Waals surface area contributed by atoms with Gasteiger partial charge in [-0.2, -0.15) is 0 Å². The Balaban J connectivity index is 2.36. The molecule has 6 nitrogen and oxygen atoms in total. The summed E-state index contributed by atoms with van der Waals surface area (Å²) >= 11 is 0. The van der Waals surface area contributed by atoms with Crippen molar-refractivity contribution in [3.05, 3.63) is 17.0 Å². The van der Waals surface area contributed by atoms with Crippen LogP contribution in [-0.2, 0) is 11.2 Å². The maximum Gasteiger partial charge on any atom is 0.410 e. The van der Waals surface area contributed by atoms with Gasteiger partial charge in [0, 0.05) is 25.1 Å². The molecule has 0 aromatic carbocycles. The standard InChI is InChI=1S/C10H15N3O3/c1-6-9-7(5-11)13(10(14)15-2)4-3-8(9)16-12-6/h7H,3-5,11H2,1-2H3. The molecule has 2 rings (SSSR count). The van der Waals surface area contributed by atoms with Crippen molar-refractivity contribution in [3.8, 4) is 0 Å². The summed E-state index contributed by atoms with van der Waals surface area (Å²) in [7, 11) is 1.37. The molecule has 0 spiro atoms. The van der Waals surface area contributed by atoms with Crippen molar-refractivity contribution in [2.75, 3.05) is 20.2 Å². The Morgan fingerprint density at radius 3 is 3.12 bits per heavy atom. The average Bonchev–Trinajstić information content (AvgIpc) is 2.69. The predicted octanol–water partition coefficient (Wildman–Crippen LogP) is 0.607. The molecule has 1 aromatic rings. The average molecular weight is 225 g/mol. The van der Waals surface area contributed by atoms with Crippen molar-refractivity contribution in [3.63, 3.8) is 0 Å². The number of aryl methyl sites for hydroxylation is 1. The van der Waals surface area contributed by atoms with Crippen molar-refractivity contribution in [1.82, 2.24) is 10.1 Å². The van der Waals surface area contributed by atoms with Crippen LogP contribution in [0.25, 0.3) is 0 Å². The number of hydrogen-bond donors (Lipinski definition) is 1. The van der Waals surface area contributed by atoms with E-state index >= 15 is 0 Å². The summed E-state index contributed by atoms with van der Waals surface area (Å²) in [5.41, 5.74) is 7.43. The topological polar surface area (TPSA) is 81.6 Å². The number of rotatable bonds is 1. The molecule has 0 saturated heterocycles. The van der Waals surface area contributed by atoms with E-state index in [0.29, 0.717) is 19.5 Å². The number of aromatic nitrogens is 1. The zero-order valence-electron chi connectivity index (χ0n) is 9.40. The highest BCUT2D eigenvalue weighted by Gasteiger charge is 2.34. The molecule has 0 saturated carbocycles. The van der Waals surface area contributed by atoms with E-state index < -0.39 is 0 Å². The van der Waals surface area contributed by atoms with Gasteiger partial charge in [-0.3, -0.25) is 4.90 Å². The Morgan fingerprint density at radius 2 is 2.50 bits per heavy atom. The van der Waals surface area contributed by atoms with E-state index in [9.17, 15) is 4.79 Å². The second-order valence-electron chi connectivity index (χ2n) is 3.77. The lowest BCUT2D eigenvalue weighted by Crippen LogP contribution is -2.43. The van der Waals surface area contributed by atoms with Crippen molar-refractivity contribution in [2.45, 2.75) is 19.4 Å². The zero-order chi connectivity index (χ0) is 11.7. The first-order valence-electron chi connectivity index (χ1n) is 5.18. The van der Waals surface area contributed by atoms with Crippen LogP contribution in [0.4, 0.5) is 4.79 Å². The van der Waals surface area contributed by atoms with Gasteiger partial charge in [0.15, 0.2) is 0 Å². The van der Waals surface area contributed by atoms with Crippen LogP contribution in [0, 0.1) is 6.92 Å². The molecule has 0 bridgehead atoms. The van der Waals surface area contributed by atoms with Gasteiger partial charge < -0.3 is 15.0 Å². The molecule has 0 radical (unpaired) electrons. The number of carbonyl (C=O) groups excluding carboxylic acids is 1. The summed E-state index contributed by atoms with van der Waals surface area (Å²) in [5.74, 6) is 0.827. The zero-order valence-corrected chi connectivity index (χ0v) is 9.40. The molecular formula is C10H15N3O3. The number of methoxy groups -OCH3 is 1. The number of fused-ring (bicyclic) bond motifs is 1. The summed E-state index contributed by atoms with van der Waals surface area (Å²) in [6, 6.07) is -0.192. The fourth-order valence-electron chi connectivity index (χ4n) is 2.15. The summed E-state index contributed by atoms with van der Waals surface area (Å²) < 4.78 is 9.93. The minimum atomic E-state index is -0.360. The Labute approximate surface area is 93.3 Å². The lowest BCUT2D eigenvalue weighted by Gasteiger charge is -2.32. The molecule has 1 aromatic heterocycles. The van der Waals surface area contributed by atoms with Crippen LogP contribution in [0.3, 0.4) is 0 Å². The lowest BCUT2D eigenvalue weighted by molar-refractivity contribution is 0.100. The molecular weight excluding hydrogens is 210 g/mol. The molecule has 1 atom stereocenters. The normalized spacial score (nSPS) is 19.4. The Bertz CT molecular complexity index is 402. The minimum Gasteiger partial charge on any atom is -0.453 e. The van der Waals surface area contributed by atoms with Gasteiger partial charge in [-0.15, -0.1) is 0 Å². The maximum atomic E-state index is 11.6. The summed E-state index contributed by atoms with van der Waals surface area (Å²) in [6.45, 7) is 2.74. The van der Waals surface area contributed by atoms with Crippen LogP contribution in [0.1, 0.15) is 23.1 Å². The van der Waals surface area contributed by atoms with Crippen molar-refractivity contribution in [1.29, 1.82) is 0 Å². The largest absolute Gasteiger partial charge is 0.453 e. The van der Waals surface area contributed by atoms with Gasteiger partial charge in [0.1, 0.15) is 5.76 Å². The molecule has 6 heteroatoms. The molecule has 1 unspecified atom stereocenters. The molecule has 0 fully saturated rings. The molecule has 88 valence electrons. The monoisotopic (exact) mass is 225 g/mol. The first-order valence-corrected chi connectivity index (χ1v) is 5.18. The van der Waals surface area contributed by atoms with E-state index in [1.54, 1.807) is 4.90 Å². The van der Waals surface area contributed by atoms with E-state index in [1.807, 2.05) is 6.92 Å². The van der Waals surface area contributed by atoms with E-state index in [-0.39, 0.29) is 12.1 Å². The van der Waals surface area contributed by atoms with Crippen molar-refractivity contribution in [2.24, 2.45) is 5.73 Å². The molecule has 2 N–H and O–H groups in total. The summed E-state index contributed by atoms with van der Waals surface area (Å²) in [4.78, 5) is 13.2. The van der Waals surface area contributed by atoms with Gasteiger partial charge in [-0.1, -0.05) is 5.16 Å². The van der Waals surface area contributed by atoms with Crippen LogP contribution in [0.5, 0.6) is 0 Å². The second kappa shape index (κ2) is 4.13. The lowest BCUT2D eigenvalue weighted by atomic mass is 9.98. The molecule has 1 aliphatic heterocycles. The highest BCUT2D eigenvalue weighted by Crippen LogP contribution is 2.31. The number of ether oxygens (including phenoxy) is 1. The highest BCUT2D eigenvalue weighted by atomic mass is 16.5. The molecule has 16 heavy (non-hydrogen) atoms. The van der Waals surface area contributed by atoms with E-state index in [0.717, 1.165) is 17.0 Å². The van der Waals surface area contributed by atoms with Crippen molar-refractivity contribution >= 4 is 6.09 Å². The van der Waals surface area contributed by atoms with E-state index in [4.69, 9.17) is 15.0 Å². The number of nitrogens with zero attached hydrogens (tertiary/aromatic N) is 2. The fourth-order valence-corrected chi connectivity index (χ4v) is 2.15. The molecule has 2 heterocycles. The Hall–Kier alpha value is -1.56. The van der Waals surface area contributed by atoms with Crippen LogP contribution in [0.15, 0.2) is 4.52 Å². The maximum absolute atomic E-state index is 11.6. The van der Waals surface area contributed by atoms with Crippen LogP contribution in [0.2, 0.25) is 0 Å². The predicted molar refractivity (Wildman–Crippen MR) is 55.9 cm³/mol. The number of carbonyl (C=O) groups is 1. The van der Waals surface area contributed by atoms with Crippen LogP contribution in [-0.4, -0.2) is 36.3 Å². The third-order valence-electron chi connectivity index (χ3n) is 2.90. The highest BCUT2D eigenvalue weighted by molar-refractivity contribution is 5.68. The van der Waals surface area contributed by atoms with Crippen LogP contribution < -0.4 is 5.73 Å². The summed E-state index contributed by atoms with van der Waals surface area (Å²) in [6.07, 6.45) is 0.295. The molecule has 1 amide bonds. The van der Waals surface area contributed by atoms with Crippen LogP contribution >= 0.6 is 0 Å². The number of amides is 1. The first-order chi connectivity index (χ1) is 7.69. The number of hydrogen-bond acceptors (Lipinski definition) is 5. The summed E-state index contributed by atoms with van der Waals surface area (Å²) in [5, 5.41) is 3.91. The Morgan fingerprint density at radius 1 is 1.75 bits per heavy atom. The smallest absolute Gasteiger partial charge is 0.410 e. The van der Waals surface area contributed by atoms with Gasteiger partial charge in [0.25, 0.3) is 0 Å². The minimum absolute atomic E-state index is 0.192. The SMILES string of the molecule is COC(=O)N1CCc2onc(C)c2C1CN. The van der Waals surface area contributed by atoms with Gasteiger partial charge in [0.2, 0.25) is 0 Å². The van der Waals surface area contributed by atoms with E-state index in [2.05, 4.69) is 5.16 Å². The fraction of sp³-hybridized carbons (Fsp3) is 0.600. The second-order valence-corrected chi connectivity index (χ2v) is 3.77. The van der Waals surface area contributed by atoms with E-state index in [1.165, 1.54) is 7.11 Å². The van der Waals surface area contributed by atoms with Crippen molar-refractivity contribution < 1.29 is 14.1 Å².